The van der Waals surface area contributed by atoms with Crippen molar-refractivity contribution < 1.29 is 4.74 Å². The average molecular weight is 227 g/mol. The number of hydrazine groups is 1. The minimum atomic E-state index is 0.609. The molecule has 0 spiro atoms. The lowest BCUT2D eigenvalue weighted by atomic mass is 10.1. The van der Waals surface area contributed by atoms with E-state index in [-0.39, 0.29) is 0 Å². The van der Waals surface area contributed by atoms with Crippen molar-refractivity contribution in [3.05, 3.63) is 0 Å². The van der Waals surface area contributed by atoms with E-state index in [9.17, 15) is 0 Å². The van der Waals surface area contributed by atoms with Crippen molar-refractivity contribution >= 4 is 0 Å². The maximum Gasteiger partial charge on any atom is 0.0608 e. The Balaban J connectivity index is 1.70. The van der Waals surface area contributed by atoms with Gasteiger partial charge in [0.25, 0.3) is 0 Å². The van der Waals surface area contributed by atoms with Gasteiger partial charge >= 0.3 is 0 Å². The van der Waals surface area contributed by atoms with Gasteiger partial charge in [-0.2, -0.15) is 0 Å². The fourth-order valence-corrected chi connectivity index (χ4v) is 2.47. The molecule has 16 heavy (non-hydrogen) atoms. The highest BCUT2D eigenvalue weighted by molar-refractivity contribution is 4.77. The molecule has 0 aromatic heterocycles. The second kappa shape index (κ2) is 5.96. The monoisotopic (exact) mass is 227 g/mol. The number of ether oxygens (including phenoxy) is 1. The molecule has 2 heterocycles. The number of hydrogen-bond donors (Lipinski definition) is 1. The minimum Gasteiger partial charge on any atom is -0.379 e. The Bertz CT molecular complexity index is 204. The van der Waals surface area contributed by atoms with E-state index in [4.69, 9.17) is 4.74 Å². The van der Waals surface area contributed by atoms with Gasteiger partial charge in [0.15, 0.2) is 0 Å². The van der Waals surface area contributed by atoms with Crippen LogP contribution in [0.25, 0.3) is 0 Å². The SMILES string of the molecule is CC(C)NCC1CCN(N2CCOCC2)C1. The second-order valence-electron chi connectivity index (χ2n) is 5.20. The van der Waals surface area contributed by atoms with Crippen LogP contribution in [0.5, 0.6) is 0 Å². The summed E-state index contributed by atoms with van der Waals surface area (Å²) in [7, 11) is 0. The van der Waals surface area contributed by atoms with Crippen LogP contribution in [-0.4, -0.2) is 62.0 Å². The smallest absolute Gasteiger partial charge is 0.0608 e. The summed E-state index contributed by atoms with van der Waals surface area (Å²) in [5.74, 6) is 0.824. The van der Waals surface area contributed by atoms with Crippen LogP contribution in [0.4, 0.5) is 0 Å². The molecule has 0 amide bonds. The molecular formula is C12H25N3O. The molecule has 0 aromatic rings. The molecule has 4 nitrogen and oxygen atoms in total. The summed E-state index contributed by atoms with van der Waals surface area (Å²) in [6, 6.07) is 0.609. The van der Waals surface area contributed by atoms with Crippen molar-refractivity contribution in [3.8, 4) is 0 Å². The van der Waals surface area contributed by atoms with Gasteiger partial charge in [0, 0.05) is 32.2 Å². The number of morpholine rings is 1. The highest BCUT2D eigenvalue weighted by Crippen LogP contribution is 2.18. The van der Waals surface area contributed by atoms with E-state index in [1.54, 1.807) is 0 Å². The van der Waals surface area contributed by atoms with Crippen molar-refractivity contribution in [2.45, 2.75) is 26.3 Å². The van der Waals surface area contributed by atoms with E-state index in [2.05, 4.69) is 29.2 Å². The van der Waals surface area contributed by atoms with Crippen LogP contribution in [-0.2, 0) is 4.74 Å². The summed E-state index contributed by atoms with van der Waals surface area (Å²) >= 11 is 0. The van der Waals surface area contributed by atoms with Gasteiger partial charge in [0.2, 0.25) is 0 Å². The van der Waals surface area contributed by atoms with Gasteiger partial charge in [0.05, 0.1) is 13.2 Å². The summed E-state index contributed by atoms with van der Waals surface area (Å²) in [6.45, 7) is 12.0. The Labute approximate surface area is 98.9 Å². The Hall–Kier alpha value is -0.160. The van der Waals surface area contributed by atoms with Crippen molar-refractivity contribution in [1.82, 2.24) is 15.3 Å². The van der Waals surface area contributed by atoms with Crippen LogP contribution < -0.4 is 5.32 Å². The van der Waals surface area contributed by atoms with Gasteiger partial charge < -0.3 is 10.1 Å². The molecule has 0 bridgehead atoms. The second-order valence-corrected chi connectivity index (χ2v) is 5.20. The van der Waals surface area contributed by atoms with E-state index in [0.29, 0.717) is 6.04 Å². The summed E-state index contributed by atoms with van der Waals surface area (Å²) < 4.78 is 5.38. The quantitative estimate of drug-likeness (QED) is 0.759. The number of nitrogens with zero attached hydrogens (tertiary/aromatic N) is 2. The fraction of sp³-hybridized carbons (Fsp3) is 1.00. The highest BCUT2D eigenvalue weighted by atomic mass is 16.5. The third kappa shape index (κ3) is 3.42. The van der Waals surface area contributed by atoms with E-state index in [1.807, 2.05) is 0 Å². The van der Waals surface area contributed by atoms with Crippen LogP contribution in [0.15, 0.2) is 0 Å². The predicted molar refractivity (Wildman–Crippen MR) is 65.2 cm³/mol. The normalized spacial score (nSPS) is 29.1. The van der Waals surface area contributed by atoms with Gasteiger partial charge in [-0.05, 0) is 18.9 Å². The Morgan fingerprint density at radius 1 is 1.19 bits per heavy atom. The first-order valence-corrected chi connectivity index (χ1v) is 6.56. The van der Waals surface area contributed by atoms with Crippen molar-refractivity contribution in [2.75, 3.05) is 45.9 Å². The minimum absolute atomic E-state index is 0.609. The standard InChI is InChI=1S/C12H25N3O/c1-11(2)13-9-12-3-4-15(10-12)14-5-7-16-8-6-14/h11-13H,3-10H2,1-2H3. The third-order valence-electron chi connectivity index (χ3n) is 3.47. The van der Waals surface area contributed by atoms with Gasteiger partial charge in [-0.1, -0.05) is 13.8 Å². The van der Waals surface area contributed by atoms with Crippen LogP contribution in [0, 0.1) is 5.92 Å². The van der Waals surface area contributed by atoms with Crippen LogP contribution in [0.1, 0.15) is 20.3 Å². The first-order chi connectivity index (χ1) is 7.75. The molecule has 2 aliphatic heterocycles. The number of hydrogen-bond acceptors (Lipinski definition) is 4. The van der Waals surface area contributed by atoms with Crippen molar-refractivity contribution in [3.63, 3.8) is 0 Å². The highest BCUT2D eigenvalue weighted by Gasteiger charge is 2.27. The van der Waals surface area contributed by atoms with E-state index < -0.39 is 0 Å². The molecule has 2 aliphatic rings. The lowest BCUT2D eigenvalue weighted by Gasteiger charge is -2.34. The van der Waals surface area contributed by atoms with Gasteiger partial charge in [-0.3, -0.25) is 0 Å². The third-order valence-corrected chi connectivity index (χ3v) is 3.47. The molecule has 4 heteroatoms. The van der Waals surface area contributed by atoms with Crippen LogP contribution >= 0.6 is 0 Å². The molecule has 2 rings (SSSR count). The fourth-order valence-electron chi connectivity index (χ4n) is 2.47. The largest absolute Gasteiger partial charge is 0.379 e. The summed E-state index contributed by atoms with van der Waals surface area (Å²) in [4.78, 5) is 0. The maximum absolute atomic E-state index is 5.38. The van der Waals surface area contributed by atoms with Crippen molar-refractivity contribution in [2.24, 2.45) is 5.92 Å². The summed E-state index contributed by atoms with van der Waals surface area (Å²) in [6.07, 6.45) is 1.33. The Kier molecular flexibility index (Phi) is 4.58. The summed E-state index contributed by atoms with van der Waals surface area (Å²) in [5, 5.41) is 8.54. The van der Waals surface area contributed by atoms with E-state index in [0.717, 1.165) is 32.2 Å². The molecule has 1 unspecified atom stereocenters. The zero-order chi connectivity index (χ0) is 11.4. The zero-order valence-corrected chi connectivity index (χ0v) is 10.6. The summed E-state index contributed by atoms with van der Waals surface area (Å²) in [5.41, 5.74) is 0. The Morgan fingerprint density at radius 3 is 2.62 bits per heavy atom. The zero-order valence-electron chi connectivity index (χ0n) is 10.6. The van der Waals surface area contributed by atoms with Gasteiger partial charge in [-0.15, -0.1) is 0 Å². The molecule has 0 radical (unpaired) electrons. The maximum atomic E-state index is 5.38. The average Bonchev–Trinajstić information content (AvgIpc) is 2.76. The van der Waals surface area contributed by atoms with Gasteiger partial charge in [-0.25, -0.2) is 10.0 Å². The molecular weight excluding hydrogens is 202 g/mol. The van der Waals surface area contributed by atoms with Crippen LogP contribution in [0.2, 0.25) is 0 Å². The predicted octanol–water partition coefficient (Wildman–Crippen LogP) is 0.554. The molecule has 0 aliphatic carbocycles. The lowest BCUT2D eigenvalue weighted by Crippen LogP contribution is -2.48. The van der Waals surface area contributed by atoms with Crippen LogP contribution in [0.3, 0.4) is 0 Å². The first kappa shape index (κ1) is 12.3. The molecule has 94 valence electrons. The topological polar surface area (TPSA) is 27.7 Å². The Morgan fingerprint density at radius 2 is 1.94 bits per heavy atom. The van der Waals surface area contributed by atoms with E-state index in [1.165, 1.54) is 26.1 Å². The molecule has 0 saturated carbocycles. The van der Waals surface area contributed by atoms with E-state index >= 15 is 0 Å². The first-order valence-electron chi connectivity index (χ1n) is 6.56. The number of rotatable bonds is 4. The van der Waals surface area contributed by atoms with Gasteiger partial charge in [0.1, 0.15) is 0 Å². The van der Waals surface area contributed by atoms with Crippen molar-refractivity contribution in [1.29, 1.82) is 0 Å². The molecule has 0 aromatic carbocycles. The molecule has 2 saturated heterocycles. The molecule has 1 N–H and O–H groups in total. The number of nitrogens with one attached hydrogen (secondary N) is 1. The molecule has 2 fully saturated rings. The molecule has 1 atom stereocenters. The lowest BCUT2D eigenvalue weighted by molar-refractivity contribution is -0.0790.